The Morgan fingerprint density at radius 1 is 1.38 bits per heavy atom. The van der Waals surface area contributed by atoms with E-state index >= 15 is 0 Å². The van der Waals surface area contributed by atoms with Crippen molar-refractivity contribution >= 4 is 28.2 Å². The van der Waals surface area contributed by atoms with E-state index in [1.807, 2.05) is 6.07 Å². The third kappa shape index (κ3) is 4.74. The fourth-order valence-electron chi connectivity index (χ4n) is 3.12. The van der Waals surface area contributed by atoms with Gasteiger partial charge in [0.25, 0.3) is 5.91 Å². The summed E-state index contributed by atoms with van der Waals surface area (Å²) in [4.78, 5) is 16.4. The maximum absolute atomic E-state index is 12.1. The molecular weight excluding hydrogens is 322 g/mol. The van der Waals surface area contributed by atoms with E-state index in [1.165, 1.54) is 43.4 Å². The zero-order valence-electron chi connectivity index (χ0n) is 13.9. The van der Waals surface area contributed by atoms with Gasteiger partial charge in [0.05, 0.1) is 5.56 Å². The molecule has 24 heavy (non-hydrogen) atoms. The summed E-state index contributed by atoms with van der Waals surface area (Å²) in [5, 5.41) is 14.1. The maximum atomic E-state index is 12.1. The molecule has 0 aromatic carbocycles. The van der Waals surface area contributed by atoms with Gasteiger partial charge in [0.2, 0.25) is 5.13 Å². The van der Waals surface area contributed by atoms with Crippen LogP contribution >= 0.6 is 11.3 Å². The first-order chi connectivity index (χ1) is 11.7. The predicted molar refractivity (Wildman–Crippen MR) is 96.4 cm³/mol. The third-order valence-corrected chi connectivity index (χ3v) is 5.09. The molecule has 2 N–H and O–H groups in total. The highest BCUT2D eigenvalue weighted by atomic mass is 32.1. The van der Waals surface area contributed by atoms with Crippen molar-refractivity contribution in [2.45, 2.75) is 51.5 Å². The molecule has 1 amide bonds. The lowest BCUT2D eigenvalue weighted by Gasteiger charge is -2.17. The highest BCUT2D eigenvalue weighted by Crippen LogP contribution is 2.29. The summed E-state index contributed by atoms with van der Waals surface area (Å²) < 4.78 is 0. The topological polar surface area (TPSA) is 79.8 Å². The molecule has 6 nitrogen and oxygen atoms in total. The van der Waals surface area contributed by atoms with Gasteiger partial charge in [-0.05, 0) is 37.8 Å². The van der Waals surface area contributed by atoms with E-state index in [1.54, 1.807) is 17.8 Å². The molecule has 0 radical (unpaired) electrons. The van der Waals surface area contributed by atoms with Gasteiger partial charge in [-0.25, -0.2) is 4.98 Å². The number of hydrogen-bond acceptors (Lipinski definition) is 6. The Bertz CT molecular complexity index is 638. The van der Waals surface area contributed by atoms with Gasteiger partial charge in [-0.1, -0.05) is 37.0 Å². The Morgan fingerprint density at radius 2 is 2.21 bits per heavy atom. The van der Waals surface area contributed by atoms with Crippen LogP contribution in [0, 0.1) is 5.92 Å². The molecule has 1 saturated carbocycles. The van der Waals surface area contributed by atoms with Gasteiger partial charge < -0.3 is 5.32 Å². The largest absolute Gasteiger partial charge is 0.368 e. The number of carbonyl (C=O) groups is 1. The second-order valence-corrected chi connectivity index (χ2v) is 7.24. The fraction of sp³-hybridized carbons (Fsp3) is 0.529. The molecule has 1 unspecified atom stereocenters. The van der Waals surface area contributed by atoms with Crippen LogP contribution in [0.5, 0.6) is 0 Å². The summed E-state index contributed by atoms with van der Waals surface area (Å²) in [5.74, 6) is 1.50. The molecule has 2 aromatic rings. The third-order valence-electron chi connectivity index (χ3n) is 4.48. The van der Waals surface area contributed by atoms with Crippen LogP contribution < -0.4 is 10.6 Å². The van der Waals surface area contributed by atoms with Gasteiger partial charge in [0, 0.05) is 12.2 Å². The SMILES string of the molecule is CC(CCC1CCCC1)Nc1ccc(C(=O)Nc2nncs2)cn1. The van der Waals surface area contributed by atoms with E-state index in [-0.39, 0.29) is 5.91 Å². The van der Waals surface area contributed by atoms with E-state index in [4.69, 9.17) is 0 Å². The molecule has 0 spiro atoms. The average Bonchev–Trinajstić information content (AvgIpc) is 3.27. The lowest BCUT2D eigenvalue weighted by molar-refractivity contribution is 0.102. The number of carbonyl (C=O) groups excluding carboxylic acids is 1. The first-order valence-electron chi connectivity index (χ1n) is 8.51. The van der Waals surface area contributed by atoms with Crippen LogP contribution in [-0.2, 0) is 0 Å². The minimum absolute atomic E-state index is 0.222. The molecule has 1 aliphatic rings. The quantitative estimate of drug-likeness (QED) is 0.794. The molecule has 3 rings (SSSR count). The van der Waals surface area contributed by atoms with Gasteiger partial charge in [0.15, 0.2) is 0 Å². The van der Waals surface area contributed by atoms with Gasteiger partial charge >= 0.3 is 0 Å². The van der Waals surface area contributed by atoms with Crippen molar-refractivity contribution < 1.29 is 4.79 Å². The van der Waals surface area contributed by atoms with Crippen molar-refractivity contribution in [1.82, 2.24) is 15.2 Å². The number of hydrogen-bond donors (Lipinski definition) is 2. The van der Waals surface area contributed by atoms with Crippen molar-refractivity contribution in [2.24, 2.45) is 5.92 Å². The molecule has 2 heterocycles. The van der Waals surface area contributed by atoms with Crippen LogP contribution in [-0.4, -0.2) is 27.1 Å². The summed E-state index contributed by atoms with van der Waals surface area (Å²) in [6.07, 6.45) is 9.61. The van der Waals surface area contributed by atoms with Crippen molar-refractivity contribution in [2.75, 3.05) is 10.6 Å². The summed E-state index contributed by atoms with van der Waals surface area (Å²) in [5.41, 5.74) is 2.09. The predicted octanol–water partition coefficient (Wildman–Crippen LogP) is 3.96. The second kappa shape index (κ2) is 8.19. The normalized spacial score (nSPS) is 16.0. The van der Waals surface area contributed by atoms with Crippen LogP contribution in [0.3, 0.4) is 0 Å². The summed E-state index contributed by atoms with van der Waals surface area (Å²) in [7, 11) is 0. The molecule has 0 saturated heterocycles. The minimum Gasteiger partial charge on any atom is -0.368 e. The fourth-order valence-corrected chi connectivity index (χ4v) is 3.56. The zero-order chi connectivity index (χ0) is 16.8. The number of anilines is 2. The highest BCUT2D eigenvalue weighted by Gasteiger charge is 2.16. The number of nitrogens with one attached hydrogen (secondary N) is 2. The van der Waals surface area contributed by atoms with Crippen LogP contribution in [0.4, 0.5) is 10.9 Å². The van der Waals surface area contributed by atoms with Crippen molar-refractivity contribution in [1.29, 1.82) is 0 Å². The first-order valence-corrected chi connectivity index (χ1v) is 9.39. The number of nitrogens with zero attached hydrogens (tertiary/aromatic N) is 3. The van der Waals surface area contributed by atoms with E-state index in [0.29, 0.717) is 16.7 Å². The van der Waals surface area contributed by atoms with E-state index in [9.17, 15) is 4.79 Å². The Kier molecular flexibility index (Phi) is 5.74. The molecule has 1 atom stereocenters. The molecule has 0 bridgehead atoms. The summed E-state index contributed by atoms with van der Waals surface area (Å²) >= 11 is 1.29. The lowest BCUT2D eigenvalue weighted by atomic mass is 9.99. The Balaban J connectivity index is 1.47. The van der Waals surface area contributed by atoms with E-state index in [2.05, 4.69) is 32.7 Å². The van der Waals surface area contributed by atoms with Gasteiger partial charge in [-0.3, -0.25) is 10.1 Å². The van der Waals surface area contributed by atoms with Gasteiger partial charge in [-0.15, -0.1) is 10.2 Å². The number of amides is 1. The molecule has 1 fully saturated rings. The zero-order valence-corrected chi connectivity index (χ0v) is 14.7. The van der Waals surface area contributed by atoms with E-state index in [0.717, 1.165) is 18.2 Å². The molecular formula is C17H23N5OS. The van der Waals surface area contributed by atoms with E-state index < -0.39 is 0 Å². The maximum Gasteiger partial charge on any atom is 0.259 e. The molecule has 2 aromatic heterocycles. The van der Waals surface area contributed by atoms with Crippen molar-refractivity contribution in [3.05, 3.63) is 29.4 Å². The Hall–Kier alpha value is -2.02. The molecule has 0 aliphatic heterocycles. The summed E-state index contributed by atoms with van der Waals surface area (Å²) in [6, 6.07) is 4.01. The number of aromatic nitrogens is 3. The van der Waals surface area contributed by atoms with Crippen molar-refractivity contribution in [3.63, 3.8) is 0 Å². The van der Waals surface area contributed by atoms with Crippen molar-refractivity contribution in [3.8, 4) is 0 Å². The van der Waals surface area contributed by atoms with Crippen LogP contribution in [0.1, 0.15) is 55.8 Å². The lowest BCUT2D eigenvalue weighted by Crippen LogP contribution is -2.17. The minimum atomic E-state index is -0.222. The average molecular weight is 345 g/mol. The number of rotatable bonds is 7. The smallest absolute Gasteiger partial charge is 0.259 e. The molecule has 7 heteroatoms. The summed E-state index contributed by atoms with van der Waals surface area (Å²) in [6.45, 7) is 2.19. The first kappa shape index (κ1) is 16.8. The van der Waals surface area contributed by atoms with Gasteiger partial charge in [-0.2, -0.15) is 0 Å². The van der Waals surface area contributed by atoms with Gasteiger partial charge in [0.1, 0.15) is 11.3 Å². The van der Waals surface area contributed by atoms with Crippen LogP contribution in [0.15, 0.2) is 23.8 Å². The standard InChI is InChI=1S/C17H23N5OS/c1-12(6-7-13-4-2-3-5-13)20-15-9-8-14(10-18-15)16(23)21-17-22-19-11-24-17/h8-13H,2-7H2,1H3,(H,18,20)(H,21,22,23). The Labute approximate surface area is 146 Å². The molecule has 1 aliphatic carbocycles. The highest BCUT2D eigenvalue weighted by molar-refractivity contribution is 7.13. The Morgan fingerprint density at radius 3 is 2.88 bits per heavy atom. The molecule has 128 valence electrons. The van der Waals surface area contributed by atoms with Crippen LogP contribution in [0.2, 0.25) is 0 Å². The van der Waals surface area contributed by atoms with Crippen LogP contribution in [0.25, 0.3) is 0 Å². The number of pyridine rings is 1. The monoisotopic (exact) mass is 345 g/mol. The second-order valence-electron chi connectivity index (χ2n) is 6.40.